The van der Waals surface area contributed by atoms with Crippen molar-refractivity contribution >= 4 is 11.6 Å². The number of halogens is 1. The molecule has 0 amide bonds. The maximum Gasteiger partial charge on any atom is 0.203 e. The smallest absolute Gasteiger partial charge is 0.203 e. The van der Waals surface area contributed by atoms with E-state index in [2.05, 4.69) is 4.98 Å². The zero-order chi connectivity index (χ0) is 15.2. The van der Waals surface area contributed by atoms with E-state index in [1.165, 1.54) is 0 Å². The molecule has 1 heterocycles. The molecule has 0 bridgehead atoms. The van der Waals surface area contributed by atoms with Crippen molar-refractivity contribution < 1.29 is 18.9 Å². The average molecular weight is 310 g/mol. The van der Waals surface area contributed by atoms with Crippen LogP contribution in [0.25, 0.3) is 0 Å². The van der Waals surface area contributed by atoms with Crippen molar-refractivity contribution in [2.75, 3.05) is 21.3 Å². The molecule has 6 heteroatoms. The SMILES string of the molecule is COc1cc(OCc2cccnc2Cl)cc(OC)c1OC. The van der Waals surface area contributed by atoms with Crippen LogP contribution in [0.3, 0.4) is 0 Å². The summed E-state index contributed by atoms with van der Waals surface area (Å²) in [5.74, 6) is 2.17. The fourth-order valence-electron chi connectivity index (χ4n) is 1.83. The molecule has 1 aromatic carbocycles. The zero-order valence-electron chi connectivity index (χ0n) is 12.1. The van der Waals surface area contributed by atoms with Gasteiger partial charge < -0.3 is 18.9 Å². The van der Waals surface area contributed by atoms with Crippen LogP contribution < -0.4 is 18.9 Å². The molecular weight excluding hydrogens is 294 g/mol. The van der Waals surface area contributed by atoms with Crippen LogP contribution in [0.15, 0.2) is 30.5 Å². The van der Waals surface area contributed by atoms with Crippen LogP contribution in [0.4, 0.5) is 0 Å². The Morgan fingerprint density at radius 1 is 1.05 bits per heavy atom. The van der Waals surface area contributed by atoms with Gasteiger partial charge in [0.2, 0.25) is 5.75 Å². The molecule has 0 radical (unpaired) electrons. The number of rotatable bonds is 6. The van der Waals surface area contributed by atoms with Crippen LogP contribution in [0, 0.1) is 0 Å². The van der Waals surface area contributed by atoms with Gasteiger partial charge >= 0.3 is 0 Å². The second kappa shape index (κ2) is 7.04. The molecule has 0 N–H and O–H groups in total. The fourth-order valence-corrected chi connectivity index (χ4v) is 2.00. The first kappa shape index (κ1) is 15.3. The lowest BCUT2D eigenvalue weighted by Crippen LogP contribution is -2.00. The maximum absolute atomic E-state index is 5.99. The summed E-state index contributed by atoms with van der Waals surface area (Å²) >= 11 is 5.99. The first-order valence-electron chi connectivity index (χ1n) is 6.21. The van der Waals surface area contributed by atoms with Crippen LogP contribution in [0.5, 0.6) is 23.0 Å². The summed E-state index contributed by atoms with van der Waals surface area (Å²) in [6.45, 7) is 0.297. The molecule has 21 heavy (non-hydrogen) atoms. The maximum atomic E-state index is 5.99. The quantitative estimate of drug-likeness (QED) is 0.766. The molecule has 0 aliphatic carbocycles. The highest BCUT2D eigenvalue weighted by Crippen LogP contribution is 2.40. The molecule has 0 saturated carbocycles. The second-order valence-electron chi connectivity index (χ2n) is 4.10. The Kier molecular flexibility index (Phi) is 5.11. The van der Waals surface area contributed by atoms with Crippen molar-refractivity contribution in [3.05, 3.63) is 41.2 Å². The highest BCUT2D eigenvalue weighted by Gasteiger charge is 2.14. The Labute approximate surface area is 128 Å². The van der Waals surface area contributed by atoms with Crippen LogP contribution in [0.2, 0.25) is 5.15 Å². The average Bonchev–Trinajstić information content (AvgIpc) is 2.52. The number of methoxy groups -OCH3 is 3. The molecule has 0 unspecified atom stereocenters. The molecule has 0 aliphatic heterocycles. The van der Waals surface area contributed by atoms with Gasteiger partial charge in [0.05, 0.1) is 21.3 Å². The Morgan fingerprint density at radius 3 is 2.24 bits per heavy atom. The van der Waals surface area contributed by atoms with Gasteiger partial charge in [-0.3, -0.25) is 0 Å². The van der Waals surface area contributed by atoms with E-state index in [1.807, 2.05) is 6.07 Å². The van der Waals surface area contributed by atoms with Gasteiger partial charge in [0.1, 0.15) is 17.5 Å². The summed E-state index contributed by atoms with van der Waals surface area (Å²) in [5.41, 5.74) is 0.799. The van der Waals surface area contributed by atoms with E-state index in [9.17, 15) is 0 Å². The summed E-state index contributed by atoms with van der Waals surface area (Å²) in [6, 6.07) is 7.12. The Balaban J connectivity index is 2.22. The van der Waals surface area contributed by atoms with Crippen molar-refractivity contribution in [1.29, 1.82) is 0 Å². The van der Waals surface area contributed by atoms with Gasteiger partial charge in [-0.05, 0) is 6.07 Å². The molecule has 2 rings (SSSR count). The molecule has 1 aromatic heterocycles. The first-order chi connectivity index (χ1) is 10.2. The molecule has 0 fully saturated rings. The molecule has 5 nitrogen and oxygen atoms in total. The summed E-state index contributed by atoms with van der Waals surface area (Å²) in [6.07, 6.45) is 1.63. The van der Waals surface area contributed by atoms with E-state index in [0.29, 0.717) is 34.8 Å². The predicted molar refractivity (Wildman–Crippen MR) is 79.7 cm³/mol. The molecule has 0 aliphatic rings. The number of hydrogen-bond acceptors (Lipinski definition) is 5. The minimum absolute atomic E-state index is 0.297. The van der Waals surface area contributed by atoms with E-state index in [0.717, 1.165) is 5.56 Å². The standard InChI is InChI=1S/C15H16ClNO4/c1-18-12-7-11(8-13(19-2)14(12)20-3)21-9-10-5-4-6-17-15(10)16/h4-8H,9H2,1-3H3. The number of pyridine rings is 1. The van der Waals surface area contributed by atoms with Gasteiger partial charge in [-0.15, -0.1) is 0 Å². The second-order valence-corrected chi connectivity index (χ2v) is 4.46. The van der Waals surface area contributed by atoms with Gasteiger partial charge in [0.25, 0.3) is 0 Å². The monoisotopic (exact) mass is 309 g/mol. The lowest BCUT2D eigenvalue weighted by molar-refractivity contribution is 0.291. The van der Waals surface area contributed by atoms with Gasteiger partial charge in [-0.1, -0.05) is 17.7 Å². The number of benzene rings is 1. The molecule has 0 spiro atoms. The zero-order valence-corrected chi connectivity index (χ0v) is 12.8. The largest absolute Gasteiger partial charge is 0.493 e. The third-order valence-corrected chi connectivity index (χ3v) is 3.21. The van der Waals surface area contributed by atoms with Gasteiger partial charge in [0.15, 0.2) is 11.5 Å². The van der Waals surface area contributed by atoms with Gasteiger partial charge in [-0.2, -0.15) is 0 Å². The molecule has 112 valence electrons. The molecule has 0 atom stereocenters. The predicted octanol–water partition coefficient (Wildman–Crippen LogP) is 3.34. The van der Waals surface area contributed by atoms with Gasteiger partial charge in [0, 0.05) is 23.9 Å². The van der Waals surface area contributed by atoms with E-state index in [-0.39, 0.29) is 0 Å². The minimum Gasteiger partial charge on any atom is -0.493 e. The van der Waals surface area contributed by atoms with Crippen molar-refractivity contribution in [3.8, 4) is 23.0 Å². The summed E-state index contributed by atoms with van der Waals surface area (Å²) in [7, 11) is 4.66. The number of ether oxygens (including phenoxy) is 4. The van der Waals surface area contributed by atoms with E-state index >= 15 is 0 Å². The Morgan fingerprint density at radius 2 is 1.71 bits per heavy atom. The van der Waals surface area contributed by atoms with Crippen LogP contribution in [-0.2, 0) is 6.61 Å². The summed E-state index contributed by atoms with van der Waals surface area (Å²) in [4.78, 5) is 4.00. The Bertz CT molecular complexity index is 593. The molecule has 0 saturated heterocycles. The van der Waals surface area contributed by atoms with Gasteiger partial charge in [-0.25, -0.2) is 4.98 Å². The number of hydrogen-bond donors (Lipinski definition) is 0. The highest BCUT2D eigenvalue weighted by atomic mass is 35.5. The lowest BCUT2D eigenvalue weighted by Gasteiger charge is -2.14. The summed E-state index contributed by atoms with van der Waals surface area (Å²) < 4.78 is 21.5. The number of aromatic nitrogens is 1. The topological polar surface area (TPSA) is 49.8 Å². The number of nitrogens with zero attached hydrogens (tertiary/aromatic N) is 1. The third kappa shape index (κ3) is 3.49. The first-order valence-corrected chi connectivity index (χ1v) is 6.59. The summed E-state index contributed by atoms with van der Waals surface area (Å²) in [5, 5.41) is 0.421. The molecule has 2 aromatic rings. The van der Waals surface area contributed by atoms with Crippen LogP contribution >= 0.6 is 11.6 Å². The third-order valence-electron chi connectivity index (χ3n) is 2.87. The fraction of sp³-hybridized carbons (Fsp3) is 0.267. The van der Waals surface area contributed by atoms with Crippen LogP contribution in [0.1, 0.15) is 5.56 Å². The normalized spacial score (nSPS) is 10.1. The van der Waals surface area contributed by atoms with Crippen molar-refractivity contribution in [3.63, 3.8) is 0 Å². The Hall–Kier alpha value is -2.14. The minimum atomic E-state index is 0.297. The lowest BCUT2D eigenvalue weighted by atomic mass is 10.2. The highest BCUT2D eigenvalue weighted by molar-refractivity contribution is 6.30. The van der Waals surface area contributed by atoms with E-state index in [1.54, 1.807) is 45.7 Å². The van der Waals surface area contributed by atoms with Crippen molar-refractivity contribution in [2.24, 2.45) is 0 Å². The van der Waals surface area contributed by atoms with E-state index in [4.69, 9.17) is 30.5 Å². The van der Waals surface area contributed by atoms with Crippen LogP contribution in [-0.4, -0.2) is 26.3 Å². The van der Waals surface area contributed by atoms with Crippen molar-refractivity contribution in [1.82, 2.24) is 4.98 Å². The molecular formula is C15H16ClNO4. The van der Waals surface area contributed by atoms with E-state index < -0.39 is 0 Å². The van der Waals surface area contributed by atoms with Crippen molar-refractivity contribution in [2.45, 2.75) is 6.61 Å².